The van der Waals surface area contributed by atoms with Crippen molar-refractivity contribution >= 4 is 63.5 Å². The minimum absolute atomic E-state index is 0.105. The zero-order valence-corrected chi connectivity index (χ0v) is 34.1. The van der Waals surface area contributed by atoms with Crippen LogP contribution in [0.2, 0.25) is 0 Å². The maximum atomic E-state index is 13.7. The van der Waals surface area contributed by atoms with Gasteiger partial charge in [0.25, 0.3) is 30.4 Å². The van der Waals surface area contributed by atoms with Crippen molar-refractivity contribution in [2.45, 2.75) is 57.6 Å². The van der Waals surface area contributed by atoms with Gasteiger partial charge in [-0.25, -0.2) is 33.7 Å². The van der Waals surface area contributed by atoms with E-state index in [4.69, 9.17) is 0 Å². The van der Waals surface area contributed by atoms with Gasteiger partial charge in [0, 0.05) is 0 Å². The molecule has 2 heterocycles. The van der Waals surface area contributed by atoms with Crippen LogP contribution in [0.3, 0.4) is 0 Å². The summed E-state index contributed by atoms with van der Waals surface area (Å²) in [7, 11) is -17.4. The predicted molar refractivity (Wildman–Crippen MR) is 210 cm³/mol. The fourth-order valence-electron chi connectivity index (χ4n) is 4.71. The van der Waals surface area contributed by atoms with Crippen LogP contribution in [0.5, 0.6) is 0 Å². The maximum absolute atomic E-state index is 13.7. The lowest BCUT2D eigenvalue weighted by molar-refractivity contribution is 0.570. The quantitative estimate of drug-likeness (QED) is 0.0809. The molecule has 302 valence electrons. The Labute approximate surface area is 333 Å². The van der Waals surface area contributed by atoms with Crippen LogP contribution in [-0.4, -0.2) is 63.6 Å². The van der Waals surface area contributed by atoms with E-state index in [0.29, 0.717) is 0 Å². The molecule has 0 aliphatic heterocycles. The Balaban J connectivity index is 1.35. The Morgan fingerprint density at radius 3 is 0.897 bits per heavy atom. The Kier molecular flexibility index (Phi) is 11.7. The second-order valence-corrected chi connectivity index (χ2v) is 19.6. The minimum atomic E-state index is -4.53. The summed E-state index contributed by atoms with van der Waals surface area (Å²) >= 11 is 0. The molecule has 0 bridgehead atoms. The highest BCUT2D eigenvalue weighted by Crippen LogP contribution is 2.24. The third-order valence-corrected chi connectivity index (χ3v) is 13.6. The van der Waals surface area contributed by atoms with E-state index in [1.54, 1.807) is 76.2 Å². The fraction of sp³-hybridized carbons (Fsp3) is 0.118. The number of nitrogens with one attached hydrogen (secondary N) is 6. The fourth-order valence-corrected chi connectivity index (χ4v) is 8.68. The standard InChI is InChI=1S/C34H34N12O8S4/c1-21-5-13-25(14-6-21)55(47,48)33-38-32(39-34(40-33)56(49,50)26-15-7-22(2)8-16-26)42-41-29-35-30(43-45-57(51,52)27-17-9-23(3)10-18-27)37-31(36-29)44-46-58(53,54)28-19-11-24(4)12-20-28/h5-20,45-46H,1-4H3,(H,38,39,40,42)(H3,35,36,37,41,43,44). The molecule has 6 rings (SSSR count). The smallest absolute Gasteiger partial charge is 0.258 e. The number of anilines is 4. The molecule has 2 aromatic heterocycles. The number of aromatic nitrogens is 6. The Bertz CT molecular complexity index is 2730. The van der Waals surface area contributed by atoms with Gasteiger partial charge in [-0.1, -0.05) is 70.8 Å². The number of hydrogen-bond acceptors (Lipinski definition) is 18. The van der Waals surface area contributed by atoms with E-state index >= 15 is 0 Å². The van der Waals surface area contributed by atoms with Crippen LogP contribution < -0.4 is 31.4 Å². The van der Waals surface area contributed by atoms with Crippen molar-refractivity contribution in [1.29, 1.82) is 0 Å². The third kappa shape index (κ3) is 9.67. The van der Waals surface area contributed by atoms with E-state index in [2.05, 4.69) is 61.3 Å². The average Bonchev–Trinajstić information content (AvgIpc) is 3.19. The molecule has 6 aromatic rings. The van der Waals surface area contributed by atoms with Crippen molar-refractivity contribution in [3.8, 4) is 0 Å². The first-order chi connectivity index (χ1) is 27.3. The van der Waals surface area contributed by atoms with Crippen LogP contribution in [0.4, 0.5) is 23.8 Å². The molecule has 24 heteroatoms. The molecule has 0 saturated heterocycles. The van der Waals surface area contributed by atoms with Gasteiger partial charge in [-0.2, -0.15) is 29.9 Å². The maximum Gasteiger partial charge on any atom is 0.258 e. The number of sulfone groups is 2. The lowest BCUT2D eigenvalue weighted by atomic mass is 10.2. The summed E-state index contributed by atoms with van der Waals surface area (Å²) in [6.45, 7) is 7.06. The molecule has 0 unspecified atom stereocenters. The van der Waals surface area contributed by atoms with E-state index in [-0.39, 0.29) is 19.6 Å². The average molecular weight is 867 g/mol. The topological polar surface area (TPSA) is 286 Å². The predicted octanol–water partition coefficient (Wildman–Crippen LogP) is 3.01. The van der Waals surface area contributed by atoms with Gasteiger partial charge >= 0.3 is 0 Å². The number of sulfonamides is 2. The summed E-state index contributed by atoms with van der Waals surface area (Å²) in [4.78, 5) is 27.5. The van der Waals surface area contributed by atoms with E-state index < -0.39 is 73.8 Å². The van der Waals surface area contributed by atoms with Gasteiger partial charge in [0.1, 0.15) is 0 Å². The second-order valence-electron chi connectivity index (χ2n) is 12.5. The van der Waals surface area contributed by atoms with Crippen LogP contribution >= 0.6 is 0 Å². The van der Waals surface area contributed by atoms with Gasteiger partial charge in [-0.15, -0.1) is 9.66 Å². The Morgan fingerprint density at radius 1 is 0.328 bits per heavy atom. The highest BCUT2D eigenvalue weighted by atomic mass is 32.2. The highest BCUT2D eigenvalue weighted by Gasteiger charge is 2.29. The van der Waals surface area contributed by atoms with Crippen molar-refractivity contribution in [2.24, 2.45) is 0 Å². The molecule has 0 fully saturated rings. The molecule has 0 aliphatic carbocycles. The number of benzene rings is 4. The molecule has 20 nitrogen and oxygen atoms in total. The largest absolute Gasteiger partial charge is 0.275 e. The number of rotatable bonds is 15. The first-order valence-corrected chi connectivity index (χ1v) is 22.6. The molecular formula is C34H34N12O8S4. The molecule has 0 amide bonds. The van der Waals surface area contributed by atoms with Crippen LogP contribution in [0.1, 0.15) is 22.3 Å². The van der Waals surface area contributed by atoms with Crippen molar-refractivity contribution in [1.82, 2.24) is 39.6 Å². The summed E-state index contributed by atoms with van der Waals surface area (Å²) in [5.74, 6) is -2.05. The summed E-state index contributed by atoms with van der Waals surface area (Å²) in [6, 6.07) is 23.2. The van der Waals surface area contributed by atoms with Gasteiger partial charge in [-0.3, -0.25) is 21.7 Å². The van der Waals surface area contributed by atoms with Gasteiger partial charge in [0.2, 0.25) is 43.5 Å². The number of aryl methyl sites for hydroxylation is 4. The van der Waals surface area contributed by atoms with Crippen molar-refractivity contribution in [3.63, 3.8) is 0 Å². The normalized spacial score (nSPS) is 12.1. The van der Waals surface area contributed by atoms with Crippen LogP contribution in [-0.2, 0) is 39.7 Å². The number of hydrogen-bond donors (Lipinski definition) is 6. The molecule has 58 heavy (non-hydrogen) atoms. The zero-order valence-electron chi connectivity index (χ0n) is 30.8. The molecule has 0 atom stereocenters. The lowest BCUT2D eigenvalue weighted by Crippen LogP contribution is -2.33. The molecule has 0 radical (unpaired) electrons. The summed E-state index contributed by atoms with van der Waals surface area (Å²) in [5.41, 5.74) is 12.7. The van der Waals surface area contributed by atoms with E-state index in [1.807, 2.05) is 0 Å². The molecule has 0 aliphatic rings. The monoisotopic (exact) mass is 866 g/mol. The van der Waals surface area contributed by atoms with Gasteiger partial charge < -0.3 is 0 Å². The first-order valence-electron chi connectivity index (χ1n) is 16.7. The molecule has 0 saturated carbocycles. The summed E-state index contributed by atoms with van der Waals surface area (Å²) in [5, 5.41) is -1.84. The van der Waals surface area contributed by atoms with Crippen LogP contribution in [0, 0.1) is 27.7 Å². The van der Waals surface area contributed by atoms with Gasteiger partial charge in [-0.05, 0) is 76.2 Å². The van der Waals surface area contributed by atoms with Gasteiger partial charge in [0.05, 0.1) is 19.6 Å². The van der Waals surface area contributed by atoms with Crippen molar-refractivity contribution < 1.29 is 33.7 Å². The zero-order chi connectivity index (χ0) is 41.9. The molecule has 6 N–H and O–H groups in total. The van der Waals surface area contributed by atoms with Crippen molar-refractivity contribution in [2.75, 3.05) is 21.7 Å². The minimum Gasteiger partial charge on any atom is -0.275 e. The SMILES string of the molecule is Cc1ccc(S(=O)(=O)NNc2nc(NNc3nc(S(=O)(=O)c4ccc(C)cc4)nc(S(=O)(=O)c4ccc(C)cc4)n3)nc(NNS(=O)(=O)c3ccc(C)cc3)n2)cc1. The van der Waals surface area contributed by atoms with Crippen LogP contribution in [0.25, 0.3) is 0 Å². The van der Waals surface area contributed by atoms with E-state index in [0.717, 1.165) is 22.3 Å². The Hall–Kier alpha value is -6.18. The van der Waals surface area contributed by atoms with Crippen molar-refractivity contribution in [3.05, 3.63) is 119 Å². The number of hydrazine groups is 3. The van der Waals surface area contributed by atoms with E-state index in [9.17, 15) is 33.7 Å². The van der Waals surface area contributed by atoms with Gasteiger partial charge in [0.15, 0.2) is 0 Å². The summed E-state index contributed by atoms with van der Waals surface area (Å²) in [6.07, 6.45) is 0. The number of nitrogens with zero attached hydrogens (tertiary/aromatic N) is 6. The highest BCUT2D eigenvalue weighted by molar-refractivity contribution is 7.92. The first kappa shape index (κ1) is 41.5. The second kappa shape index (κ2) is 16.4. The molecule has 4 aromatic carbocycles. The van der Waals surface area contributed by atoms with E-state index in [1.165, 1.54) is 48.5 Å². The molecule has 0 spiro atoms. The van der Waals surface area contributed by atoms with Crippen LogP contribution in [0.15, 0.2) is 127 Å². The third-order valence-electron chi connectivity index (χ3n) is 7.92. The Morgan fingerprint density at radius 2 is 0.586 bits per heavy atom. The summed E-state index contributed by atoms with van der Waals surface area (Å²) < 4.78 is 107. The molecular weight excluding hydrogens is 833 g/mol. The lowest BCUT2D eigenvalue weighted by Gasteiger charge is -2.14.